The van der Waals surface area contributed by atoms with Gasteiger partial charge in [-0.05, 0) is 24.3 Å². The number of nitrogens with one attached hydrogen (secondary N) is 1. The summed E-state index contributed by atoms with van der Waals surface area (Å²) in [6, 6.07) is 17.4. The van der Waals surface area contributed by atoms with E-state index >= 15 is 0 Å². The number of para-hydroxylation sites is 1. The van der Waals surface area contributed by atoms with Crippen LogP contribution in [0.5, 0.6) is 11.5 Å². The Morgan fingerprint density at radius 2 is 1.65 bits per heavy atom. The largest absolute Gasteiger partial charge is 0.455 e. The molecule has 0 heterocycles. The van der Waals surface area contributed by atoms with Crippen LogP contribution in [0.3, 0.4) is 0 Å². The highest BCUT2D eigenvalue weighted by Gasteiger charge is 2.12. The van der Waals surface area contributed by atoms with E-state index < -0.39 is 11.4 Å². The van der Waals surface area contributed by atoms with Gasteiger partial charge in [0.2, 0.25) is 0 Å². The second-order valence-electron chi connectivity index (χ2n) is 4.27. The Bertz CT molecular complexity index is 854. The van der Waals surface area contributed by atoms with Gasteiger partial charge < -0.3 is 10.1 Å². The van der Waals surface area contributed by atoms with Crippen molar-refractivity contribution < 1.29 is 9.13 Å². The minimum Gasteiger partial charge on any atom is -0.455 e. The molecule has 1 N–H and O–H groups in total. The van der Waals surface area contributed by atoms with E-state index in [4.69, 9.17) is 20.5 Å². The monoisotopic (exact) mass is 304 g/mol. The Labute approximate surface area is 132 Å². The summed E-state index contributed by atoms with van der Waals surface area (Å²) in [5, 5.41) is 29.3. The van der Waals surface area contributed by atoms with Gasteiger partial charge in [-0.2, -0.15) is 15.8 Å². The van der Waals surface area contributed by atoms with Gasteiger partial charge >= 0.3 is 0 Å². The number of nitriles is 3. The van der Waals surface area contributed by atoms with E-state index in [9.17, 15) is 4.39 Å². The molecule has 0 fully saturated rings. The van der Waals surface area contributed by atoms with Gasteiger partial charge in [0.1, 0.15) is 35.5 Å². The number of hydrogen-bond donors (Lipinski definition) is 1. The second-order valence-corrected chi connectivity index (χ2v) is 4.27. The average Bonchev–Trinajstić information content (AvgIpc) is 2.58. The van der Waals surface area contributed by atoms with Crippen LogP contribution in [0.4, 0.5) is 10.1 Å². The summed E-state index contributed by atoms with van der Waals surface area (Å²) in [6.07, 6.45) is 0. The lowest BCUT2D eigenvalue weighted by atomic mass is 10.2. The van der Waals surface area contributed by atoms with Gasteiger partial charge in [-0.3, -0.25) is 0 Å². The average molecular weight is 304 g/mol. The number of rotatable bonds is 4. The predicted molar refractivity (Wildman–Crippen MR) is 80.4 cm³/mol. The van der Waals surface area contributed by atoms with Crippen LogP contribution in [0.25, 0.3) is 0 Å². The summed E-state index contributed by atoms with van der Waals surface area (Å²) in [5.41, 5.74) is -0.547. The summed E-state index contributed by atoms with van der Waals surface area (Å²) in [4.78, 5) is 0. The molecule has 5 nitrogen and oxygen atoms in total. The zero-order valence-electron chi connectivity index (χ0n) is 11.7. The summed E-state index contributed by atoms with van der Waals surface area (Å²) >= 11 is 0. The van der Waals surface area contributed by atoms with Crippen molar-refractivity contribution in [2.45, 2.75) is 0 Å². The van der Waals surface area contributed by atoms with E-state index in [0.29, 0.717) is 5.75 Å². The van der Waals surface area contributed by atoms with E-state index in [1.165, 1.54) is 12.1 Å². The highest BCUT2D eigenvalue weighted by molar-refractivity contribution is 5.65. The zero-order chi connectivity index (χ0) is 16.7. The molecular weight excluding hydrogens is 295 g/mol. The van der Waals surface area contributed by atoms with Crippen molar-refractivity contribution in [3.63, 3.8) is 0 Å². The van der Waals surface area contributed by atoms with Crippen LogP contribution in [-0.4, -0.2) is 0 Å². The molecule has 0 saturated carbocycles. The topological polar surface area (TPSA) is 92.6 Å². The summed E-state index contributed by atoms with van der Waals surface area (Å²) in [6.45, 7) is 0. The maximum Gasteiger partial charge on any atom is 0.163 e. The summed E-state index contributed by atoms with van der Waals surface area (Å²) in [7, 11) is 0. The number of anilines is 1. The second kappa shape index (κ2) is 7.26. The van der Waals surface area contributed by atoms with Crippen LogP contribution >= 0.6 is 0 Å². The maximum atomic E-state index is 13.5. The fourth-order valence-corrected chi connectivity index (χ4v) is 1.72. The molecule has 2 aromatic carbocycles. The van der Waals surface area contributed by atoms with Crippen molar-refractivity contribution >= 4 is 5.69 Å². The highest BCUT2D eigenvalue weighted by atomic mass is 19.1. The van der Waals surface area contributed by atoms with Crippen molar-refractivity contribution in [2.24, 2.45) is 0 Å². The minimum atomic E-state index is -0.555. The van der Waals surface area contributed by atoms with E-state index in [2.05, 4.69) is 5.32 Å². The summed E-state index contributed by atoms with van der Waals surface area (Å²) in [5.74, 6) is 0.215. The molecule has 0 radical (unpaired) electrons. The third kappa shape index (κ3) is 3.85. The first-order chi connectivity index (χ1) is 11.2. The standard InChI is InChI=1S/C17H9FN4O/c18-13-6-7-17(23-14-4-2-1-3-5-14)15(8-13)22-16(11-21)12(9-19)10-20/h1-8,22H. The van der Waals surface area contributed by atoms with Gasteiger partial charge in [-0.25, -0.2) is 4.39 Å². The van der Waals surface area contributed by atoms with Crippen LogP contribution < -0.4 is 10.1 Å². The predicted octanol–water partition coefficient (Wildman–Crippen LogP) is 3.85. The van der Waals surface area contributed by atoms with Gasteiger partial charge in [-0.1, -0.05) is 18.2 Å². The van der Waals surface area contributed by atoms with Crippen molar-refractivity contribution in [1.29, 1.82) is 15.8 Å². The molecule has 0 aromatic heterocycles. The van der Waals surface area contributed by atoms with Crippen molar-refractivity contribution in [1.82, 2.24) is 0 Å². The maximum absolute atomic E-state index is 13.5. The Balaban J connectivity index is 2.41. The van der Waals surface area contributed by atoms with E-state index in [1.54, 1.807) is 42.5 Å². The molecule has 0 aliphatic heterocycles. The minimum absolute atomic E-state index is 0.133. The Morgan fingerprint density at radius 3 is 2.26 bits per heavy atom. The van der Waals surface area contributed by atoms with E-state index in [-0.39, 0.29) is 17.1 Å². The van der Waals surface area contributed by atoms with Crippen molar-refractivity contribution in [3.8, 4) is 29.7 Å². The smallest absolute Gasteiger partial charge is 0.163 e. The Hall–Kier alpha value is -3.82. The number of halogens is 1. The lowest BCUT2D eigenvalue weighted by Gasteiger charge is -2.12. The van der Waals surface area contributed by atoms with Crippen LogP contribution in [0.2, 0.25) is 0 Å². The van der Waals surface area contributed by atoms with Gasteiger partial charge in [0, 0.05) is 6.07 Å². The molecule has 0 aliphatic carbocycles. The van der Waals surface area contributed by atoms with Crippen LogP contribution in [0.15, 0.2) is 59.8 Å². The number of benzene rings is 2. The molecule has 0 amide bonds. The van der Waals surface area contributed by atoms with Gasteiger partial charge in [-0.15, -0.1) is 0 Å². The molecule has 2 aromatic rings. The van der Waals surface area contributed by atoms with Crippen LogP contribution in [0.1, 0.15) is 0 Å². The lowest BCUT2D eigenvalue weighted by molar-refractivity contribution is 0.483. The van der Waals surface area contributed by atoms with Gasteiger partial charge in [0.25, 0.3) is 0 Å². The van der Waals surface area contributed by atoms with E-state index in [1.807, 2.05) is 6.07 Å². The number of allylic oxidation sites excluding steroid dienone is 2. The van der Waals surface area contributed by atoms with Gasteiger partial charge in [0.05, 0.1) is 5.69 Å². The quantitative estimate of drug-likeness (QED) is 0.866. The normalized spacial score (nSPS) is 8.96. The van der Waals surface area contributed by atoms with Gasteiger partial charge in [0.15, 0.2) is 11.3 Å². The molecule has 23 heavy (non-hydrogen) atoms. The molecular formula is C17H9FN4O. The number of nitrogens with zero attached hydrogens (tertiary/aromatic N) is 3. The molecule has 0 saturated heterocycles. The third-order valence-corrected chi connectivity index (χ3v) is 2.76. The van der Waals surface area contributed by atoms with Crippen molar-refractivity contribution in [3.05, 3.63) is 65.6 Å². The number of hydrogen-bond acceptors (Lipinski definition) is 5. The molecule has 0 aliphatic rings. The molecule has 0 unspecified atom stereocenters. The first-order valence-electron chi connectivity index (χ1n) is 6.42. The molecule has 6 heteroatoms. The molecule has 2 rings (SSSR count). The molecule has 0 spiro atoms. The first-order valence-corrected chi connectivity index (χ1v) is 6.42. The lowest BCUT2D eigenvalue weighted by Crippen LogP contribution is -2.02. The first kappa shape index (κ1) is 15.6. The Morgan fingerprint density at radius 1 is 0.957 bits per heavy atom. The molecule has 0 bridgehead atoms. The third-order valence-electron chi connectivity index (χ3n) is 2.76. The van der Waals surface area contributed by atoms with Crippen LogP contribution in [0, 0.1) is 39.8 Å². The number of ether oxygens (including phenoxy) is 1. The van der Waals surface area contributed by atoms with Crippen LogP contribution in [-0.2, 0) is 0 Å². The molecule has 0 atom stereocenters. The SMILES string of the molecule is N#CC(C#N)=C(C#N)Nc1cc(F)ccc1Oc1ccccc1. The zero-order valence-corrected chi connectivity index (χ0v) is 11.7. The molecule has 110 valence electrons. The van der Waals surface area contributed by atoms with Crippen molar-refractivity contribution in [2.75, 3.05) is 5.32 Å². The summed E-state index contributed by atoms with van der Waals surface area (Å²) < 4.78 is 19.1. The fraction of sp³-hybridized carbons (Fsp3) is 0. The van der Waals surface area contributed by atoms with E-state index in [0.717, 1.165) is 6.07 Å². The Kier molecular flexibility index (Phi) is 4.92. The fourth-order valence-electron chi connectivity index (χ4n) is 1.72. The highest BCUT2D eigenvalue weighted by Crippen LogP contribution is 2.31.